The highest BCUT2D eigenvalue weighted by atomic mass is 16.6. The average Bonchev–Trinajstić information content (AvgIpc) is 3.24. The summed E-state index contributed by atoms with van der Waals surface area (Å²) < 4.78 is 5.69. The molecule has 1 aliphatic heterocycles. The van der Waals surface area contributed by atoms with Gasteiger partial charge in [0, 0.05) is 0 Å². The highest BCUT2D eigenvalue weighted by Gasteiger charge is 2.55. The van der Waals surface area contributed by atoms with Crippen molar-refractivity contribution in [2.45, 2.75) is 99.7 Å². The van der Waals surface area contributed by atoms with Crippen LogP contribution in [0, 0.1) is 11.8 Å². The van der Waals surface area contributed by atoms with Crippen molar-refractivity contribution in [3.63, 3.8) is 0 Å². The van der Waals surface area contributed by atoms with Crippen molar-refractivity contribution in [1.82, 2.24) is 0 Å². The Morgan fingerprint density at radius 1 is 1.10 bits per heavy atom. The van der Waals surface area contributed by atoms with E-state index in [1.54, 1.807) is 0 Å². The van der Waals surface area contributed by atoms with Crippen molar-refractivity contribution >= 4 is 0 Å². The topological polar surface area (TPSA) is 38.5 Å². The van der Waals surface area contributed by atoms with E-state index in [1.807, 2.05) is 41.5 Å². The van der Waals surface area contributed by atoms with Gasteiger partial charge in [0.15, 0.2) is 0 Å². The molecule has 1 heterocycles. The van der Waals surface area contributed by atoms with E-state index in [0.717, 1.165) is 11.8 Å². The van der Waals surface area contributed by atoms with Gasteiger partial charge in [-0.3, -0.25) is 0 Å². The van der Waals surface area contributed by atoms with E-state index in [9.17, 15) is 0 Å². The third-order valence-electron chi connectivity index (χ3n) is 4.01. The first-order chi connectivity index (χ1) is 9.65. The number of ether oxygens (including phenoxy) is 1. The monoisotopic (exact) mass is 289 g/mol. The maximum atomic E-state index is 5.69. The number of epoxide rings is 1. The van der Waals surface area contributed by atoms with Crippen LogP contribution in [0.3, 0.4) is 0 Å². The fraction of sp³-hybridized carbons (Fsp3) is 1.00. The van der Waals surface area contributed by atoms with Gasteiger partial charge in [0.2, 0.25) is 0 Å². The minimum atomic E-state index is 0.309. The fourth-order valence-corrected chi connectivity index (χ4v) is 2.52. The van der Waals surface area contributed by atoms with Crippen molar-refractivity contribution in [3.8, 4) is 0 Å². The van der Waals surface area contributed by atoms with E-state index in [0.29, 0.717) is 11.7 Å². The van der Waals surface area contributed by atoms with Crippen LogP contribution in [0.4, 0.5) is 0 Å². The van der Waals surface area contributed by atoms with E-state index < -0.39 is 0 Å². The molecule has 4 unspecified atom stereocenters. The molecular weight excluding hydrogens is 246 g/mol. The molecule has 0 aromatic heterocycles. The summed E-state index contributed by atoms with van der Waals surface area (Å²) in [4.78, 5) is 0. The standard InChI is InChI=1S/C11H20O.3C2H6.CH5N/c1-4-8(2)9-5-6-11(3)10(7-9)12-11;4*1-2/h8-10H,4-7H2,1-3H3;3*1-2H3;2H2,1H3. The van der Waals surface area contributed by atoms with Crippen molar-refractivity contribution in [2.24, 2.45) is 17.6 Å². The predicted octanol–water partition coefficient (Wildman–Crippen LogP) is 5.64. The number of nitrogens with two attached hydrogens (primary N) is 1. The van der Waals surface area contributed by atoms with Crippen molar-refractivity contribution in [1.29, 1.82) is 0 Å². The number of hydrogen-bond acceptors (Lipinski definition) is 2. The van der Waals surface area contributed by atoms with Crippen LogP contribution in [0.15, 0.2) is 0 Å². The Balaban J connectivity index is -0.000000314. The molecule has 0 radical (unpaired) electrons. The fourth-order valence-electron chi connectivity index (χ4n) is 2.52. The molecule has 0 bridgehead atoms. The van der Waals surface area contributed by atoms with Crippen molar-refractivity contribution < 1.29 is 4.74 Å². The Morgan fingerprint density at radius 3 is 1.90 bits per heavy atom. The maximum absolute atomic E-state index is 5.69. The summed E-state index contributed by atoms with van der Waals surface area (Å²) in [7, 11) is 1.50. The Bertz CT molecular complexity index is 184. The van der Waals surface area contributed by atoms with Gasteiger partial charge in [0.05, 0.1) is 11.7 Å². The molecule has 2 heteroatoms. The van der Waals surface area contributed by atoms with Crippen LogP contribution in [0.2, 0.25) is 0 Å². The highest BCUT2D eigenvalue weighted by molar-refractivity contribution is 5.03. The van der Waals surface area contributed by atoms with Crippen LogP contribution >= 0.6 is 0 Å². The van der Waals surface area contributed by atoms with E-state index in [1.165, 1.54) is 32.7 Å². The maximum Gasteiger partial charge on any atom is 0.0920 e. The molecule has 1 aliphatic carbocycles. The molecule has 126 valence electrons. The lowest BCUT2D eigenvalue weighted by Crippen LogP contribution is -2.24. The van der Waals surface area contributed by atoms with E-state index in [4.69, 9.17) is 4.74 Å². The van der Waals surface area contributed by atoms with Crippen LogP contribution in [-0.4, -0.2) is 18.8 Å². The zero-order valence-corrected chi connectivity index (χ0v) is 16.0. The molecule has 0 spiro atoms. The first-order valence-electron chi connectivity index (χ1n) is 8.91. The highest BCUT2D eigenvalue weighted by Crippen LogP contribution is 2.50. The summed E-state index contributed by atoms with van der Waals surface area (Å²) in [6, 6.07) is 0. The average molecular weight is 290 g/mol. The summed E-state index contributed by atoms with van der Waals surface area (Å²) >= 11 is 0. The van der Waals surface area contributed by atoms with Gasteiger partial charge in [0.1, 0.15) is 0 Å². The third kappa shape index (κ3) is 8.26. The second-order valence-corrected chi connectivity index (χ2v) is 4.84. The Hall–Kier alpha value is -0.0800. The normalized spacial score (nSPS) is 30.1. The van der Waals surface area contributed by atoms with E-state index in [2.05, 4.69) is 26.5 Å². The lowest BCUT2D eigenvalue weighted by Gasteiger charge is -2.26. The van der Waals surface area contributed by atoms with Gasteiger partial charge in [-0.05, 0) is 45.1 Å². The summed E-state index contributed by atoms with van der Waals surface area (Å²) in [5.74, 6) is 1.84. The van der Waals surface area contributed by atoms with Gasteiger partial charge in [-0.15, -0.1) is 0 Å². The zero-order chi connectivity index (χ0) is 16.8. The predicted molar refractivity (Wildman–Crippen MR) is 94.2 cm³/mol. The lowest BCUT2D eigenvalue weighted by atomic mass is 9.76. The molecule has 1 saturated heterocycles. The summed E-state index contributed by atoms with van der Waals surface area (Å²) in [6.07, 6.45) is 5.96. The Morgan fingerprint density at radius 2 is 1.55 bits per heavy atom. The Labute approximate surface area is 129 Å². The molecule has 2 N–H and O–H groups in total. The van der Waals surface area contributed by atoms with Gasteiger partial charge in [-0.1, -0.05) is 61.8 Å². The van der Waals surface area contributed by atoms with Gasteiger partial charge < -0.3 is 10.5 Å². The van der Waals surface area contributed by atoms with E-state index >= 15 is 0 Å². The summed E-state index contributed by atoms with van der Waals surface area (Å²) in [5, 5.41) is 0. The van der Waals surface area contributed by atoms with E-state index in [-0.39, 0.29) is 0 Å². The molecule has 0 aromatic rings. The van der Waals surface area contributed by atoms with Crippen molar-refractivity contribution in [2.75, 3.05) is 7.05 Å². The first-order valence-corrected chi connectivity index (χ1v) is 8.91. The molecule has 4 atom stereocenters. The van der Waals surface area contributed by atoms with Gasteiger partial charge in [-0.25, -0.2) is 0 Å². The number of fused-ring (bicyclic) bond motifs is 1. The molecule has 20 heavy (non-hydrogen) atoms. The molecule has 2 fully saturated rings. The molecule has 2 aliphatic rings. The molecular formula is C18H43NO. The van der Waals surface area contributed by atoms with Crippen molar-refractivity contribution in [3.05, 3.63) is 0 Å². The Kier molecular flexibility index (Phi) is 19.1. The van der Waals surface area contributed by atoms with Crippen LogP contribution in [-0.2, 0) is 4.74 Å². The molecule has 0 aromatic carbocycles. The quantitative estimate of drug-likeness (QED) is 0.668. The number of rotatable bonds is 2. The van der Waals surface area contributed by atoms with Crippen LogP contribution in [0.5, 0.6) is 0 Å². The summed E-state index contributed by atoms with van der Waals surface area (Å²) in [5.41, 5.74) is 4.81. The van der Waals surface area contributed by atoms with Gasteiger partial charge >= 0.3 is 0 Å². The second-order valence-electron chi connectivity index (χ2n) is 4.84. The third-order valence-corrected chi connectivity index (χ3v) is 4.01. The van der Waals surface area contributed by atoms with Crippen LogP contribution in [0.1, 0.15) is 88.0 Å². The van der Waals surface area contributed by atoms with Gasteiger partial charge in [0.25, 0.3) is 0 Å². The smallest absolute Gasteiger partial charge is 0.0920 e. The van der Waals surface area contributed by atoms with Crippen LogP contribution in [0.25, 0.3) is 0 Å². The zero-order valence-electron chi connectivity index (χ0n) is 16.0. The molecule has 0 amide bonds. The second kappa shape index (κ2) is 15.3. The minimum Gasteiger partial charge on any atom is -0.366 e. The number of hydrogen-bond donors (Lipinski definition) is 1. The molecule has 2 nitrogen and oxygen atoms in total. The first kappa shape index (κ1) is 24.9. The minimum absolute atomic E-state index is 0.309. The SMILES string of the molecule is CC.CC.CC.CCC(C)C1CCC2(C)OC2C1.CN. The molecule has 2 rings (SSSR count). The largest absolute Gasteiger partial charge is 0.366 e. The van der Waals surface area contributed by atoms with Crippen LogP contribution < -0.4 is 5.73 Å². The van der Waals surface area contributed by atoms with Gasteiger partial charge in [-0.2, -0.15) is 0 Å². The lowest BCUT2D eigenvalue weighted by molar-refractivity contribution is 0.258. The molecule has 1 saturated carbocycles. The summed E-state index contributed by atoms with van der Waals surface area (Å²) in [6.45, 7) is 19.0.